The van der Waals surface area contributed by atoms with E-state index in [1.807, 2.05) is 43.3 Å². The fraction of sp³-hybridized carbons (Fsp3) is 0.350. The average molecular weight is 380 g/mol. The zero-order chi connectivity index (χ0) is 20.0. The lowest BCUT2D eigenvalue weighted by molar-refractivity contribution is -0.137. The molecule has 0 aliphatic carbocycles. The van der Waals surface area contributed by atoms with E-state index in [1.165, 1.54) is 12.1 Å². The van der Waals surface area contributed by atoms with Crippen LogP contribution in [-0.2, 0) is 17.4 Å². The van der Waals surface area contributed by atoms with Gasteiger partial charge in [-0.05, 0) is 43.4 Å². The van der Waals surface area contributed by atoms with Crippen molar-refractivity contribution in [3.8, 4) is 5.75 Å². The van der Waals surface area contributed by atoms with Crippen molar-refractivity contribution in [2.75, 3.05) is 27.7 Å². The number of methoxy groups -OCH3 is 1. The van der Waals surface area contributed by atoms with Gasteiger partial charge in [0, 0.05) is 6.54 Å². The highest BCUT2D eigenvalue weighted by Gasteiger charge is 2.30. The molecule has 0 aromatic heterocycles. The van der Waals surface area contributed by atoms with E-state index in [0.29, 0.717) is 12.1 Å². The van der Waals surface area contributed by atoms with Gasteiger partial charge in [0.05, 0.1) is 25.1 Å². The van der Waals surface area contributed by atoms with Gasteiger partial charge < -0.3 is 15.0 Å². The molecule has 0 saturated carbocycles. The standard InChI is InChI=1S/C20H23F3N2O2/c1-25(2)18(15-7-9-17(27-3)10-8-15)13-24-19(26)12-14-5-4-6-16(11-14)20(21,22)23/h4-11,18H,12-13H2,1-3H3,(H,24,26)/t18-/m0/s1. The molecule has 0 aliphatic rings. The van der Waals surface area contributed by atoms with Crippen LogP contribution in [0, 0.1) is 0 Å². The van der Waals surface area contributed by atoms with Crippen LogP contribution >= 0.6 is 0 Å². The maximum Gasteiger partial charge on any atom is 0.416 e. The van der Waals surface area contributed by atoms with Gasteiger partial charge in [-0.3, -0.25) is 4.79 Å². The van der Waals surface area contributed by atoms with Crippen LogP contribution in [0.15, 0.2) is 48.5 Å². The van der Waals surface area contributed by atoms with Crippen LogP contribution in [0.4, 0.5) is 13.2 Å². The topological polar surface area (TPSA) is 41.6 Å². The summed E-state index contributed by atoms with van der Waals surface area (Å²) in [6, 6.07) is 12.3. The number of amides is 1. The molecule has 146 valence electrons. The first kappa shape index (κ1) is 20.8. The number of rotatable bonds is 7. The zero-order valence-electron chi connectivity index (χ0n) is 15.5. The number of carbonyl (C=O) groups excluding carboxylic acids is 1. The quantitative estimate of drug-likeness (QED) is 0.797. The van der Waals surface area contributed by atoms with Crippen LogP contribution in [0.5, 0.6) is 5.75 Å². The Bertz CT molecular complexity index is 759. The zero-order valence-corrected chi connectivity index (χ0v) is 15.5. The van der Waals surface area contributed by atoms with E-state index in [9.17, 15) is 18.0 Å². The Morgan fingerprint density at radius 3 is 2.37 bits per heavy atom. The highest BCUT2D eigenvalue weighted by Crippen LogP contribution is 2.29. The van der Waals surface area contributed by atoms with Gasteiger partial charge in [-0.2, -0.15) is 13.2 Å². The molecule has 27 heavy (non-hydrogen) atoms. The van der Waals surface area contributed by atoms with Gasteiger partial charge in [0.2, 0.25) is 5.91 Å². The number of benzene rings is 2. The lowest BCUT2D eigenvalue weighted by atomic mass is 10.0. The summed E-state index contributed by atoms with van der Waals surface area (Å²) in [7, 11) is 5.38. The van der Waals surface area contributed by atoms with Gasteiger partial charge in [0.25, 0.3) is 0 Å². The van der Waals surface area contributed by atoms with Gasteiger partial charge in [-0.15, -0.1) is 0 Å². The number of ether oxygens (including phenoxy) is 1. The van der Waals surface area contributed by atoms with E-state index in [-0.39, 0.29) is 18.4 Å². The molecule has 4 nitrogen and oxygen atoms in total. The van der Waals surface area contributed by atoms with E-state index in [4.69, 9.17) is 4.74 Å². The van der Waals surface area contributed by atoms with Gasteiger partial charge in [0.15, 0.2) is 0 Å². The third kappa shape index (κ3) is 5.99. The predicted octanol–water partition coefficient (Wildman–Crippen LogP) is 3.68. The maximum atomic E-state index is 12.8. The average Bonchev–Trinajstić information content (AvgIpc) is 2.61. The minimum Gasteiger partial charge on any atom is -0.497 e. The molecular formula is C20H23F3N2O2. The molecule has 0 bridgehead atoms. The summed E-state index contributed by atoms with van der Waals surface area (Å²) in [6.45, 7) is 0.344. The molecule has 0 fully saturated rings. The van der Waals surface area contributed by atoms with Crippen LogP contribution in [0.3, 0.4) is 0 Å². The molecular weight excluding hydrogens is 357 g/mol. The van der Waals surface area contributed by atoms with Crippen molar-refractivity contribution in [2.45, 2.75) is 18.6 Å². The van der Waals surface area contributed by atoms with Crippen molar-refractivity contribution < 1.29 is 22.7 Å². The van der Waals surface area contributed by atoms with E-state index >= 15 is 0 Å². The van der Waals surface area contributed by atoms with Crippen LogP contribution in [-0.4, -0.2) is 38.6 Å². The molecule has 2 aromatic carbocycles. The Morgan fingerprint density at radius 2 is 1.81 bits per heavy atom. The summed E-state index contributed by atoms with van der Waals surface area (Å²) in [6.07, 6.45) is -4.52. The molecule has 0 saturated heterocycles. The number of nitrogens with one attached hydrogen (secondary N) is 1. The number of halogens is 3. The van der Waals surface area contributed by atoms with E-state index in [0.717, 1.165) is 23.4 Å². The van der Waals surface area contributed by atoms with E-state index in [2.05, 4.69) is 5.32 Å². The lowest BCUT2D eigenvalue weighted by Crippen LogP contribution is -2.35. The second-order valence-electron chi connectivity index (χ2n) is 6.43. The fourth-order valence-electron chi connectivity index (χ4n) is 2.74. The molecule has 0 radical (unpaired) electrons. The molecule has 0 spiro atoms. The predicted molar refractivity (Wildman–Crippen MR) is 97.6 cm³/mol. The number of hydrogen-bond donors (Lipinski definition) is 1. The third-order valence-electron chi connectivity index (χ3n) is 4.24. The first-order chi connectivity index (χ1) is 12.7. The molecule has 2 rings (SSSR count). The molecule has 1 atom stereocenters. The van der Waals surface area contributed by atoms with E-state index in [1.54, 1.807) is 7.11 Å². The van der Waals surface area contributed by atoms with Gasteiger partial charge in [-0.25, -0.2) is 0 Å². The molecule has 0 heterocycles. The highest BCUT2D eigenvalue weighted by molar-refractivity contribution is 5.78. The fourth-order valence-corrected chi connectivity index (χ4v) is 2.74. The summed E-state index contributed by atoms with van der Waals surface area (Å²) < 4.78 is 43.5. The van der Waals surface area contributed by atoms with Crippen LogP contribution in [0.2, 0.25) is 0 Å². The second kappa shape index (κ2) is 8.90. The van der Waals surface area contributed by atoms with Crippen molar-refractivity contribution in [1.29, 1.82) is 0 Å². The molecule has 1 N–H and O–H groups in total. The Hall–Kier alpha value is -2.54. The van der Waals surface area contributed by atoms with Gasteiger partial charge in [0.1, 0.15) is 5.75 Å². The first-order valence-corrected chi connectivity index (χ1v) is 8.44. The van der Waals surface area contributed by atoms with Crippen LogP contribution < -0.4 is 10.1 Å². The van der Waals surface area contributed by atoms with E-state index < -0.39 is 11.7 Å². The van der Waals surface area contributed by atoms with Crippen molar-refractivity contribution in [2.24, 2.45) is 0 Å². The number of hydrogen-bond acceptors (Lipinski definition) is 3. The number of alkyl halides is 3. The van der Waals surface area contributed by atoms with Gasteiger partial charge >= 0.3 is 6.18 Å². The summed E-state index contributed by atoms with van der Waals surface area (Å²) in [5, 5.41) is 2.80. The minimum atomic E-state index is -4.42. The Labute approximate surface area is 156 Å². The summed E-state index contributed by atoms with van der Waals surface area (Å²) in [4.78, 5) is 14.2. The first-order valence-electron chi connectivity index (χ1n) is 8.44. The highest BCUT2D eigenvalue weighted by atomic mass is 19.4. The molecule has 0 unspecified atom stereocenters. The Kier molecular flexibility index (Phi) is 6.85. The number of likely N-dealkylation sites (N-methyl/N-ethyl adjacent to an activating group) is 1. The van der Waals surface area contributed by atoms with Crippen molar-refractivity contribution in [3.05, 3.63) is 65.2 Å². The van der Waals surface area contributed by atoms with Gasteiger partial charge in [-0.1, -0.05) is 30.3 Å². The number of carbonyl (C=O) groups is 1. The smallest absolute Gasteiger partial charge is 0.416 e. The monoisotopic (exact) mass is 380 g/mol. The van der Waals surface area contributed by atoms with Crippen LogP contribution in [0.25, 0.3) is 0 Å². The second-order valence-corrected chi connectivity index (χ2v) is 6.43. The van der Waals surface area contributed by atoms with Crippen LogP contribution in [0.1, 0.15) is 22.7 Å². The Morgan fingerprint density at radius 1 is 1.15 bits per heavy atom. The van der Waals surface area contributed by atoms with Crippen molar-refractivity contribution >= 4 is 5.91 Å². The van der Waals surface area contributed by atoms with Crippen molar-refractivity contribution in [1.82, 2.24) is 10.2 Å². The lowest BCUT2D eigenvalue weighted by Gasteiger charge is -2.25. The normalized spacial score (nSPS) is 12.7. The summed E-state index contributed by atoms with van der Waals surface area (Å²) >= 11 is 0. The molecule has 0 aliphatic heterocycles. The molecule has 1 amide bonds. The Balaban J connectivity index is 1.99. The largest absolute Gasteiger partial charge is 0.497 e. The summed E-state index contributed by atoms with van der Waals surface area (Å²) in [5.41, 5.74) is 0.575. The third-order valence-corrected chi connectivity index (χ3v) is 4.24. The van der Waals surface area contributed by atoms with Crippen molar-refractivity contribution in [3.63, 3.8) is 0 Å². The maximum absolute atomic E-state index is 12.8. The molecule has 2 aromatic rings. The molecule has 7 heteroatoms. The number of nitrogens with zero attached hydrogens (tertiary/aromatic N) is 1. The summed E-state index contributed by atoms with van der Waals surface area (Å²) in [5.74, 6) is 0.416. The SMILES string of the molecule is COc1ccc([C@H](CNC(=O)Cc2cccc(C(F)(F)F)c2)N(C)C)cc1. The minimum absolute atomic E-state index is 0.0682.